The van der Waals surface area contributed by atoms with Gasteiger partial charge in [-0.15, -0.1) is 0 Å². The van der Waals surface area contributed by atoms with Crippen molar-refractivity contribution in [1.82, 2.24) is 0 Å². The maximum atomic E-state index is 12.3. The average Bonchev–Trinajstić information content (AvgIpc) is 3.54. The van der Waals surface area contributed by atoms with Crippen molar-refractivity contribution >= 4 is 0 Å². The number of hydrogen-bond donors (Lipinski definition) is 11. The first-order valence-corrected chi connectivity index (χ1v) is 21.1. The van der Waals surface area contributed by atoms with Gasteiger partial charge >= 0.3 is 0 Å². The Morgan fingerprint density at radius 1 is 0.772 bits per heavy atom. The molecule has 4 saturated carbocycles. The van der Waals surface area contributed by atoms with E-state index in [1.165, 1.54) is 0 Å². The molecule has 2 aliphatic heterocycles. The van der Waals surface area contributed by atoms with E-state index in [4.69, 9.17) is 18.9 Å². The first kappa shape index (κ1) is 45.7. The Balaban J connectivity index is 1.38. The van der Waals surface area contributed by atoms with Crippen LogP contribution in [0.25, 0.3) is 0 Å². The number of ether oxygens (including phenoxy) is 4. The van der Waals surface area contributed by atoms with Crippen LogP contribution in [0.1, 0.15) is 99.8 Å². The number of aliphatic hydroxyl groups is 11. The summed E-state index contributed by atoms with van der Waals surface area (Å²) in [6.07, 6.45) is -11.4. The number of aliphatic hydroxyl groups excluding tert-OH is 10. The van der Waals surface area contributed by atoms with Crippen LogP contribution in [0, 0.1) is 45.3 Å². The molecule has 330 valence electrons. The van der Waals surface area contributed by atoms with Crippen molar-refractivity contribution in [3.8, 4) is 0 Å². The maximum Gasteiger partial charge on any atom is 0.187 e. The van der Waals surface area contributed by atoms with Gasteiger partial charge in [0.1, 0.15) is 48.8 Å². The Morgan fingerprint density at radius 2 is 1.39 bits per heavy atom. The molecule has 6 rings (SSSR count). The minimum absolute atomic E-state index is 0.0113. The zero-order valence-electron chi connectivity index (χ0n) is 34.7. The molecule has 0 unspecified atom stereocenters. The summed E-state index contributed by atoms with van der Waals surface area (Å²) in [5.74, 6) is -0.784. The van der Waals surface area contributed by atoms with E-state index in [0.29, 0.717) is 44.9 Å². The molecule has 0 radical (unpaired) electrons. The summed E-state index contributed by atoms with van der Waals surface area (Å²) in [6, 6.07) is 0. The van der Waals surface area contributed by atoms with Crippen LogP contribution in [0.4, 0.5) is 0 Å². The highest BCUT2D eigenvalue weighted by atomic mass is 16.8. The van der Waals surface area contributed by atoms with Gasteiger partial charge < -0.3 is 75.1 Å². The molecule has 0 amide bonds. The van der Waals surface area contributed by atoms with Crippen LogP contribution in [0.5, 0.6) is 0 Å². The van der Waals surface area contributed by atoms with E-state index >= 15 is 0 Å². The molecule has 0 aromatic heterocycles. The third kappa shape index (κ3) is 7.49. The lowest BCUT2D eigenvalue weighted by Crippen LogP contribution is -2.71. The SMILES string of the molecule is C/C(=C\CC[C@](C)(O)[C@H]1CC[C@]2(C)[C@@H]1[C@H](O)C[C@@H]1[C@@]3(C)CC[C@H](O)C(C)(C)[C@@H]3[C@@H](O[C@@H]3O[C@H](CO)[C@@H](O)[C@H](O)[C@H]3O[C@@H]3O[C@H](CO)[C@@H](O)[C@H](O)[C@H]3O)C[C@]12C)CO. The molecule has 0 aromatic carbocycles. The molecule has 21 atom stereocenters. The molecule has 11 N–H and O–H groups in total. The van der Waals surface area contributed by atoms with E-state index in [0.717, 1.165) is 12.0 Å². The quantitative estimate of drug-likeness (QED) is 0.0976. The normalized spacial score (nSPS) is 52.4. The largest absolute Gasteiger partial charge is 0.394 e. The zero-order valence-corrected chi connectivity index (χ0v) is 34.7. The van der Waals surface area contributed by atoms with Gasteiger partial charge in [-0.3, -0.25) is 0 Å². The molecule has 4 aliphatic carbocycles. The minimum atomic E-state index is -1.82. The number of allylic oxidation sites excluding steroid dienone is 1. The lowest BCUT2D eigenvalue weighted by Gasteiger charge is -2.72. The second-order valence-corrected chi connectivity index (χ2v) is 20.2. The van der Waals surface area contributed by atoms with E-state index in [2.05, 4.69) is 20.8 Å². The first-order chi connectivity index (χ1) is 26.5. The van der Waals surface area contributed by atoms with Crippen molar-refractivity contribution in [3.05, 3.63) is 11.6 Å². The van der Waals surface area contributed by atoms with Gasteiger partial charge in [-0.25, -0.2) is 0 Å². The van der Waals surface area contributed by atoms with Gasteiger partial charge in [-0.05, 0) is 111 Å². The zero-order chi connectivity index (χ0) is 42.2. The van der Waals surface area contributed by atoms with E-state index in [1.54, 1.807) is 0 Å². The fourth-order valence-electron chi connectivity index (χ4n) is 13.4. The molecule has 0 aromatic rings. The van der Waals surface area contributed by atoms with Crippen LogP contribution in [-0.2, 0) is 18.9 Å². The fourth-order valence-corrected chi connectivity index (χ4v) is 13.4. The third-order valence-electron chi connectivity index (χ3n) is 16.7. The molecular formula is C42H72O15. The second-order valence-electron chi connectivity index (χ2n) is 20.2. The standard InChI is InChI=1S/C42H72O15/c1-20(17-43)9-8-12-42(7,53)21-10-14-40(5)28(21)22(46)15-26-39(4)13-11-27(47)38(2,3)35(39)23(16-41(26,40)6)54-37-34(32(51)30(49)25(19-45)56-37)57-36-33(52)31(50)29(48)24(18-44)55-36/h9,21-37,43-53H,8,10-19H2,1-7H3/b20-9+/t21-,22+,23-,24+,25+,26+,27-,28-,29+,30+,31-,32-,33+,34+,35-,36-,37+,39+,40+,41+,42-/m0/s1. The molecule has 6 fully saturated rings. The van der Waals surface area contributed by atoms with Crippen LogP contribution < -0.4 is 0 Å². The Bertz CT molecular complexity index is 1430. The predicted molar refractivity (Wildman–Crippen MR) is 204 cm³/mol. The minimum Gasteiger partial charge on any atom is -0.394 e. The molecule has 2 saturated heterocycles. The molecular weight excluding hydrogens is 744 g/mol. The highest BCUT2D eigenvalue weighted by molar-refractivity contribution is 5.22. The number of fused-ring (bicyclic) bond motifs is 5. The third-order valence-corrected chi connectivity index (χ3v) is 16.7. The van der Waals surface area contributed by atoms with Crippen LogP contribution in [0.2, 0.25) is 0 Å². The topological polar surface area (TPSA) is 259 Å². The van der Waals surface area contributed by atoms with Crippen molar-refractivity contribution in [2.45, 2.75) is 185 Å². The Morgan fingerprint density at radius 3 is 2.00 bits per heavy atom. The van der Waals surface area contributed by atoms with Gasteiger partial charge in [0.15, 0.2) is 12.6 Å². The molecule has 0 spiro atoms. The molecule has 15 heteroatoms. The van der Waals surface area contributed by atoms with Crippen LogP contribution in [0.3, 0.4) is 0 Å². The smallest absolute Gasteiger partial charge is 0.187 e. The Labute approximate surface area is 336 Å². The van der Waals surface area contributed by atoms with E-state index in [9.17, 15) is 56.2 Å². The van der Waals surface area contributed by atoms with Gasteiger partial charge in [-0.2, -0.15) is 0 Å². The monoisotopic (exact) mass is 816 g/mol. The predicted octanol–water partition coefficient (Wildman–Crippen LogP) is 0.0922. The molecule has 15 nitrogen and oxygen atoms in total. The van der Waals surface area contributed by atoms with Crippen molar-refractivity contribution in [2.24, 2.45) is 45.3 Å². The average molecular weight is 817 g/mol. The van der Waals surface area contributed by atoms with Gasteiger partial charge in [0.2, 0.25) is 0 Å². The molecule has 6 aliphatic rings. The molecule has 0 bridgehead atoms. The van der Waals surface area contributed by atoms with Crippen molar-refractivity contribution in [3.63, 3.8) is 0 Å². The summed E-state index contributed by atoms with van der Waals surface area (Å²) in [4.78, 5) is 0. The highest BCUT2D eigenvalue weighted by Gasteiger charge is 2.73. The Hall–Kier alpha value is -0.860. The first-order valence-electron chi connectivity index (χ1n) is 21.1. The van der Waals surface area contributed by atoms with Gasteiger partial charge in [0.25, 0.3) is 0 Å². The summed E-state index contributed by atoms with van der Waals surface area (Å²) in [7, 11) is 0. The van der Waals surface area contributed by atoms with Gasteiger partial charge in [-0.1, -0.05) is 46.3 Å². The van der Waals surface area contributed by atoms with E-state index in [1.807, 2.05) is 33.8 Å². The molecule has 57 heavy (non-hydrogen) atoms. The molecule has 2 heterocycles. The summed E-state index contributed by atoms with van der Waals surface area (Å²) in [5.41, 5.74) is -2.41. The summed E-state index contributed by atoms with van der Waals surface area (Å²) in [5, 5.41) is 120. The van der Waals surface area contributed by atoms with E-state index < -0.39 is 120 Å². The van der Waals surface area contributed by atoms with E-state index in [-0.39, 0.29) is 30.3 Å². The van der Waals surface area contributed by atoms with Crippen LogP contribution >= 0.6 is 0 Å². The second kappa shape index (κ2) is 16.4. The van der Waals surface area contributed by atoms with Crippen molar-refractivity contribution < 1.29 is 75.1 Å². The number of rotatable bonds is 11. The number of hydrogen-bond acceptors (Lipinski definition) is 15. The van der Waals surface area contributed by atoms with Crippen LogP contribution in [-0.4, -0.2) is 161 Å². The van der Waals surface area contributed by atoms with Gasteiger partial charge in [0.05, 0.1) is 43.7 Å². The van der Waals surface area contributed by atoms with Gasteiger partial charge in [0, 0.05) is 0 Å². The van der Waals surface area contributed by atoms with Crippen LogP contribution in [0.15, 0.2) is 11.6 Å². The Kier molecular flexibility index (Phi) is 13.2. The summed E-state index contributed by atoms with van der Waals surface area (Å²) >= 11 is 0. The maximum absolute atomic E-state index is 12.3. The van der Waals surface area contributed by atoms with Crippen molar-refractivity contribution in [2.75, 3.05) is 19.8 Å². The summed E-state index contributed by atoms with van der Waals surface area (Å²) < 4.78 is 24.9. The van der Waals surface area contributed by atoms with Crippen molar-refractivity contribution in [1.29, 1.82) is 0 Å². The highest BCUT2D eigenvalue weighted by Crippen LogP contribution is 2.76. The summed E-state index contributed by atoms with van der Waals surface area (Å²) in [6.45, 7) is 13.0. The fraction of sp³-hybridized carbons (Fsp3) is 0.952. The lowest BCUT2D eigenvalue weighted by atomic mass is 9.34. The lowest BCUT2D eigenvalue weighted by molar-refractivity contribution is -0.383.